The number of amides is 1. The number of rotatable bonds is 6. The molecule has 0 atom stereocenters. The first-order valence-corrected chi connectivity index (χ1v) is 8.37. The molecule has 0 bridgehead atoms. The van der Waals surface area contributed by atoms with Crippen molar-refractivity contribution in [1.29, 1.82) is 0 Å². The van der Waals surface area contributed by atoms with Crippen LogP contribution >= 0.6 is 0 Å². The number of nitrogens with zero attached hydrogens (tertiary/aromatic N) is 4. The number of unbranched alkanes of at least 4 members (excludes halogenated alkanes) is 1. The van der Waals surface area contributed by atoms with E-state index in [4.69, 9.17) is 0 Å². The van der Waals surface area contributed by atoms with E-state index >= 15 is 0 Å². The number of pyridine rings is 1. The topological polar surface area (TPSA) is 71.0 Å². The van der Waals surface area contributed by atoms with Crippen LogP contribution in [-0.2, 0) is 0 Å². The van der Waals surface area contributed by atoms with Gasteiger partial charge in [-0.1, -0.05) is 31.5 Å². The molecule has 0 spiro atoms. The molecule has 2 heterocycles. The smallest absolute Gasteiger partial charge is 0.273 e. The summed E-state index contributed by atoms with van der Waals surface area (Å²) in [7, 11) is 1.79. The molecular weight excluding hydrogens is 314 g/mol. The average Bonchev–Trinajstić information content (AvgIpc) is 2.66. The number of fused-ring (bicyclic) bond motifs is 1. The van der Waals surface area contributed by atoms with Gasteiger partial charge in [-0.15, -0.1) is 0 Å². The molecule has 0 saturated heterocycles. The van der Waals surface area contributed by atoms with Crippen LogP contribution in [0.25, 0.3) is 10.9 Å². The Kier molecular flexibility index (Phi) is 5.18. The number of nitrogens with one attached hydrogen (secondary N) is 1. The van der Waals surface area contributed by atoms with Crippen molar-refractivity contribution in [2.24, 2.45) is 0 Å². The van der Waals surface area contributed by atoms with Crippen molar-refractivity contribution in [2.45, 2.75) is 19.8 Å². The van der Waals surface area contributed by atoms with Crippen LogP contribution < -0.4 is 5.32 Å². The summed E-state index contributed by atoms with van der Waals surface area (Å²) in [6.07, 6.45) is 6.86. The summed E-state index contributed by atoms with van der Waals surface area (Å²) in [4.78, 5) is 26.9. The first-order chi connectivity index (χ1) is 12.2. The number of anilines is 2. The molecule has 2 aromatic heterocycles. The van der Waals surface area contributed by atoms with Crippen LogP contribution in [0.15, 0.2) is 48.9 Å². The van der Waals surface area contributed by atoms with Gasteiger partial charge < -0.3 is 10.2 Å². The van der Waals surface area contributed by atoms with E-state index in [2.05, 4.69) is 27.2 Å². The highest BCUT2D eigenvalue weighted by Gasteiger charge is 2.13. The van der Waals surface area contributed by atoms with Gasteiger partial charge in [0.15, 0.2) is 0 Å². The SMILES string of the molecule is CCCCN(C)C(=O)c1cnc(Nc2cccc3cccnc23)cn1. The second kappa shape index (κ2) is 7.70. The standard InChI is InChI=1S/C19H21N5O/c1-3-4-11-24(2)19(25)16-12-22-17(13-21-16)23-15-9-5-7-14-8-6-10-20-18(14)15/h5-10,12-13H,3-4,11H2,1-2H3,(H,22,23). The molecule has 0 aliphatic carbocycles. The monoisotopic (exact) mass is 335 g/mol. The Balaban J connectivity index is 1.75. The molecule has 1 N–H and O–H groups in total. The van der Waals surface area contributed by atoms with E-state index < -0.39 is 0 Å². The minimum Gasteiger partial charge on any atom is -0.340 e. The Morgan fingerprint density at radius 2 is 1.96 bits per heavy atom. The number of hydrogen-bond donors (Lipinski definition) is 1. The molecule has 6 heteroatoms. The zero-order valence-corrected chi connectivity index (χ0v) is 14.4. The van der Waals surface area contributed by atoms with Gasteiger partial charge in [-0.2, -0.15) is 0 Å². The van der Waals surface area contributed by atoms with E-state index in [0.717, 1.165) is 36.0 Å². The highest BCUT2D eigenvalue weighted by atomic mass is 16.2. The first-order valence-electron chi connectivity index (χ1n) is 8.37. The third-order valence-corrected chi connectivity index (χ3v) is 3.96. The van der Waals surface area contributed by atoms with Crippen molar-refractivity contribution in [3.8, 4) is 0 Å². The molecule has 3 rings (SSSR count). The molecule has 0 radical (unpaired) electrons. The number of aromatic nitrogens is 3. The molecule has 128 valence electrons. The number of carbonyl (C=O) groups is 1. The molecule has 0 fully saturated rings. The largest absolute Gasteiger partial charge is 0.340 e. The van der Waals surface area contributed by atoms with E-state index in [1.165, 1.54) is 6.20 Å². The lowest BCUT2D eigenvalue weighted by molar-refractivity contribution is 0.0787. The molecule has 1 amide bonds. The molecule has 0 saturated carbocycles. The Hall–Kier alpha value is -3.02. The van der Waals surface area contributed by atoms with E-state index in [0.29, 0.717) is 11.5 Å². The molecule has 1 aromatic carbocycles. The van der Waals surface area contributed by atoms with Crippen molar-refractivity contribution in [3.05, 3.63) is 54.6 Å². The Labute approximate surface area is 146 Å². The van der Waals surface area contributed by atoms with Crippen molar-refractivity contribution in [3.63, 3.8) is 0 Å². The van der Waals surface area contributed by atoms with Crippen LogP contribution in [0, 0.1) is 0 Å². The molecule has 3 aromatic rings. The number of hydrogen-bond acceptors (Lipinski definition) is 5. The van der Waals surface area contributed by atoms with Crippen LogP contribution in [0.1, 0.15) is 30.3 Å². The van der Waals surface area contributed by atoms with Crippen LogP contribution in [0.4, 0.5) is 11.5 Å². The highest BCUT2D eigenvalue weighted by Crippen LogP contribution is 2.23. The van der Waals surface area contributed by atoms with Gasteiger partial charge in [0.05, 0.1) is 23.6 Å². The zero-order chi connectivity index (χ0) is 17.6. The van der Waals surface area contributed by atoms with Gasteiger partial charge in [0.2, 0.25) is 0 Å². The number of para-hydroxylation sites is 1. The Morgan fingerprint density at radius 3 is 2.72 bits per heavy atom. The van der Waals surface area contributed by atoms with Crippen LogP contribution in [0.3, 0.4) is 0 Å². The fraction of sp³-hybridized carbons (Fsp3) is 0.263. The van der Waals surface area contributed by atoms with Gasteiger partial charge in [-0.3, -0.25) is 9.78 Å². The number of benzene rings is 1. The normalized spacial score (nSPS) is 10.6. The average molecular weight is 335 g/mol. The molecule has 6 nitrogen and oxygen atoms in total. The van der Waals surface area contributed by atoms with Crippen molar-refractivity contribution < 1.29 is 4.79 Å². The zero-order valence-electron chi connectivity index (χ0n) is 14.4. The van der Waals surface area contributed by atoms with Crippen molar-refractivity contribution in [1.82, 2.24) is 19.9 Å². The lowest BCUT2D eigenvalue weighted by Crippen LogP contribution is -2.28. The van der Waals surface area contributed by atoms with E-state index in [9.17, 15) is 4.79 Å². The van der Waals surface area contributed by atoms with Gasteiger partial charge >= 0.3 is 0 Å². The van der Waals surface area contributed by atoms with Gasteiger partial charge in [0, 0.05) is 25.2 Å². The fourth-order valence-corrected chi connectivity index (χ4v) is 2.54. The maximum absolute atomic E-state index is 12.3. The molecule has 25 heavy (non-hydrogen) atoms. The van der Waals surface area contributed by atoms with Crippen LogP contribution in [-0.4, -0.2) is 39.4 Å². The van der Waals surface area contributed by atoms with E-state index in [1.54, 1.807) is 24.3 Å². The van der Waals surface area contributed by atoms with E-state index in [1.807, 2.05) is 30.3 Å². The molecular formula is C19H21N5O. The second-order valence-corrected chi connectivity index (χ2v) is 5.87. The summed E-state index contributed by atoms with van der Waals surface area (Å²) >= 11 is 0. The van der Waals surface area contributed by atoms with Crippen LogP contribution in [0.2, 0.25) is 0 Å². The summed E-state index contributed by atoms with van der Waals surface area (Å²) in [6.45, 7) is 2.82. The summed E-state index contributed by atoms with van der Waals surface area (Å²) in [5, 5.41) is 4.26. The third kappa shape index (κ3) is 3.91. The maximum atomic E-state index is 12.3. The van der Waals surface area contributed by atoms with Crippen molar-refractivity contribution in [2.75, 3.05) is 18.9 Å². The minimum absolute atomic E-state index is 0.112. The van der Waals surface area contributed by atoms with Gasteiger partial charge in [0.25, 0.3) is 5.91 Å². The van der Waals surface area contributed by atoms with E-state index in [-0.39, 0.29) is 5.91 Å². The predicted molar refractivity (Wildman–Crippen MR) is 98.9 cm³/mol. The van der Waals surface area contributed by atoms with Crippen molar-refractivity contribution >= 4 is 28.3 Å². The highest BCUT2D eigenvalue weighted by molar-refractivity contribution is 5.93. The summed E-state index contributed by atoms with van der Waals surface area (Å²) in [6, 6.07) is 9.82. The third-order valence-electron chi connectivity index (χ3n) is 3.96. The quantitative estimate of drug-likeness (QED) is 0.744. The Bertz CT molecular complexity index is 858. The lowest BCUT2D eigenvalue weighted by atomic mass is 10.2. The second-order valence-electron chi connectivity index (χ2n) is 5.87. The van der Waals surface area contributed by atoms with Gasteiger partial charge in [-0.25, -0.2) is 9.97 Å². The summed E-state index contributed by atoms with van der Waals surface area (Å²) < 4.78 is 0. The maximum Gasteiger partial charge on any atom is 0.273 e. The number of carbonyl (C=O) groups excluding carboxylic acids is 1. The first kappa shape index (κ1) is 16.8. The van der Waals surface area contributed by atoms with Crippen LogP contribution in [0.5, 0.6) is 0 Å². The molecule has 0 aliphatic rings. The summed E-state index contributed by atoms with van der Waals surface area (Å²) in [5.74, 6) is 0.463. The van der Waals surface area contributed by atoms with Gasteiger partial charge in [-0.05, 0) is 18.6 Å². The Morgan fingerprint density at radius 1 is 1.12 bits per heavy atom. The minimum atomic E-state index is -0.112. The van der Waals surface area contributed by atoms with Gasteiger partial charge in [0.1, 0.15) is 11.5 Å². The lowest BCUT2D eigenvalue weighted by Gasteiger charge is -2.16. The molecule has 0 aliphatic heterocycles. The fourth-order valence-electron chi connectivity index (χ4n) is 2.54. The summed E-state index contributed by atoms with van der Waals surface area (Å²) in [5.41, 5.74) is 2.07. The molecule has 0 unspecified atom stereocenters. The predicted octanol–water partition coefficient (Wildman–Crippen LogP) is 3.64.